The van der Waals surface area contributed by atoms with Crippen molar-refractivity contribution in [3.05, 3.63) is 40.4 Å². The molecule has 0 aliphatic rings. The summed E-state index contributed by atoms with van der Waals surface area (Å²) in [5, 5.41) is 5.59. The molecule has 3 N–H and O–H groups in total. The molecule has 0 aliphatic carbocycles. The molecule has 8 heteroatoms. The number of hydrogen-bond donors (Lipinski definition) is 3. The molecule has 0 spiro atoms. The molecule has 1 heterocycles. The molecule has 8 nitrogen and oxygen atoms in total. The van der Waals surface area contributed by atoms with E-state index in [2.05, 4.69) is 27.5 Å². The van der Waals surface area contributed by atoms with Crippen LogP contribution in [-0.2, 0) is 11.3 Å². The number of imide groups is 1. The number of urea groups is 1. The van der Waals surface area contributed by atoms with E-state index in [9.17, 15) is 14.4 Å². The van der Waals surface area contributed by atoms with Crippen LogP contribution in [0.3, 0.4) is 0 Å². The smallest absolute Gasteiger partial charge is 0.321 e. The van der Waals surface area contributed by atoms with Gasteiger partial charge in [-0.25, -0.2) is 9.78 Å². The number of carbonyl (C=O) groups excluding carboxylic acids is 2. The molecule has 0 saturated carbocycles. The van der Waals surface area contributed by atoms with Gasteiger partial charge in [-0.2, -0.15) is 0 Å². The summed E-state index contributed by atoms with van der Waals surface area (Å²) in [4.78, 5) is 45.5. The highest BCUT2D eigenvalue weighted by atomic mass is 16.2. The van der Waals surface area contributed by atoms with Crippen LogP contribution in [0.5, 0.6) is 0 Å². The van der Waals surface area contributed by atoms with Gasteiger partial charge in [-0.3, -0.25) is 19.8 Å². The highest BCUT2D eigenvalue weighted by Crippen LogP contribution is 2.08. The molecule has 0 radical (unpaired) electrons. The van der Waals surface area contributed by atoms with Crippen molar-refractivity contribution in [2.75, 3.05) is 13.1 Å². The maximum Gasteiger partial charge on any atom is 0.321 e. The largest absolute Gasteiger partial charge is 0.335 e. The minimum Gasteiger partial charge on any atom is -0.335 e. The number of hydrogen-bond acceptors (Lipinski definition) is 5. The van der Waals surface area contributed by atoms with Crippen LogP contribution in [0.15, 0.2) is 29.1 Å². The summed E-state index contributed by atoms with van der Waals surface area (Å²) in [5.74, 6) is 0.108. The zero-order valence-electron chi connectivity index (χ0n) is 16.7. The number of unbranched alkanes of at least 4 members (excludes halogenated alkanes) is 1. The first-order valence-corrected chi connectivity index (χ1v) is 9.73. The van der Waals surface area contributed by atoms with Crippen LogP contribution in [0, 0.1) is 0 Å². The Kier molecular flexibility index (Phi) is 8.13. The van der Waals surface area contributed by atoms with Crippen molar-refractivity contribution in [2.45, 2.75) is 52.6 Å². The maximum atomic E-state index is 12.3. The molecule has 1 atom stereocenters. The fourth-order valence-electron chi connectivity index (χ4n) is 2.75. The summed E-state index contributed by atoms with van der Waals surface area (Å²) in [7, 11) is 0. The number of fused-ring (bicyclic) bond motifs is 1. The third-order valence-electron chi connectivity index (χ3n) is 4.47. The van der Waals surface area contributed by atoms with Crippen LogP contribution in [-0.4, -0.2) is 45.9 Å². The van der Waals surface area contributed by atoms with Crippen molar-refractivity contribution in [3.63, 3.8) is 0 Å². The molecule has 152 valence electrons. The molecule has 0 bridgehead atoms. The minimum absolute atomic E-state index is 0.00382. The fraction of sp³-hybridized carbons (Fsp3) is 0.500. The zero-order valence-corrected chi connectivity index (χ0v) is 16.7. The molecule has 0 saturated heterocycles. The summed E-state index contributed by atoms with van der Waals surface area (Å²) in [6.07, 6.45) is 2.64. The first kappa shape index (κ1) is 21.6. The van der Waals surface area contributed by atoms with Gasteiger partial charge in [0.25, 0.3) is 5.56 Å². The number of nitrogens with zero attached hydrogens (tertiary/aromatic N) is 2. The Morgan fingerprint density at radius 2 is 2.00 bits per heavy atom. The number of para-hydroxylation sites is 1. The maximum absolute atomic E-state index is 12.3. The van der Waals surface area contributed by atoms with E-state index in [4.69, 9.17) is 0 Å². The van der Waals surface area contributed by atoms with Gasteiger partial charge in [0.1, 0.15) is 5.82 Å². The molecule has 1 aromatic heterocycles. The number of carbonyl (C=O) groups is 2. The molecule has 0 aliphatic heterocycles. The van der Waals surface area contributed by atoms with Crippen molar-refractivity contribution >= 4 is 22.8 Å². The Bertz CT molecular complexity index is 864. The van der Waals surface area contributed by atoms with Crippen LogP contribution < -0.4 is 16.2 Å². The highest BCUT2D eigenvalue weighted by Gasteiger charge is 2.16. The number of aromatic amines is 1. The summed E-state index contributed by atoms with van der Waals surface area (Å²) in [6.45, 7) is 6.92. The SMILES string of the molecule is CCCCN(CC(=O)NC(=O)N[C@H](C)CC)Cc1nc2ccccc2c(=O)[nH]1. The number of H-pyrrole nitrogens is 1. The van der Waals surface area contributed by atoms with E-state index in [1.165, 1.54) is 0 Å². The molecular weight excluding hydrogens is 358 g/mol. The fourth-order valence-corrected chi connectivity index (χ4v) is 2.75. The van der Waals surface area contributed by atoms with Crippen LogP contribution in [0.1, 0.15) is 45.9 Å². The zero-order chi connectivity index (χ0) is 20.5. The number of amides is 3. The first-order chi connectivity index (χ1) is 13.4. The summed E-state index contributed by atoms with van der Waals surface area (Å²) in [5.41, 5.74) is 0.419. The highest BCUT2D eigenvalue weighted by molar-refractivity contribution is 5.95. The first-order valence-electron chi connectivity index (χ1n) is 9.73. The molecule has 3 amide bonds. The average molecular weight is 387 g/mol. The second kappa shape index (κ2) is 10.6. The number of rotatable bonds is 9. The lowest BCUT2D eigenvalue weighted by molar-refractivity contribution is -0.121. The van der Waals surface area contributed by atoms with Gasteiger partial charge in [0.05, 0.1) is 24.0 Å². The average Bonchev–Trinajstić information content (AvgIpc) is 2.65. The molecular formula is C20H29N5O3. The Hall–Kier alpha value is -2.74. The lowest BCUT2D eigenvalue weighted by Crippen LogP contribution is -2.47. The Balaban J connectivity index is 2.06. The predicted molar refractivity (Wildman–Crippen MR) is 109 cm³/mol. The van der Waals surface area contributed by atoms with E-state index in [0.717, 1.165) is 19.3 Å². The topological polar surface area (TPSA) is 107 Å². The second-order valence-electron chi connectivity index (χ2n) is 6.92. The van der Waals surface area contributed by atoms with Gasteiger partial charge < -0.3 is 10.3 Å². The third kappa shape index (κ3) is 6.45. The molecule has 1 aromatic carbocycles. The number of benzene rings is 1. The van der Waals surface area contributed by atoms with Gasteiger partial charge in [-0.1, -0.05) is 32.4 Å². The van der Waals surface area contributed by atoms with Gasteiger partial charge in [0.2, 0.25) is 5.91 Å². The molecule has 0 fully saturated rings. The van der Waals surface area contributed by atoms with Crippen LogP contribution in [0.25, 0.3) is 10.9 Å². The third-order valence-corrected chi connectivity index (χ3v) is 4.47. The van der Waals surface area contributed by atoms with Crippen molar-refractivity contribution < 1.29 is 9.59 Å². The van der Waals surface area contributed by atoms with E-state index in [-0.39, 0.29) is 24.1 Å². The Labute approximate surface area is 164 Å². The standard InChI is InChI=1S/C20H29N5O3/c1-4-6-11-25(13-18(26)24-20(28)21-14(3)5-2)12-17-22-16-10-8-7-9-15(16)19(27)23-17/h7-10,14H,4-6,11-13H2,1-3H3,(H,22,23,27)(H2,21,24,26,28)/t14-/m1/s1. The van der Waals surface area contributed by atoms with E-state index in [1.807, 2.05) is 24.8 Å². The van der Waals surface area contributed by atoms with Crippen molar-refractivity contribution in [3.8, 4) is 0 Å². The molecule has 2 rings (SSSR count). The van der Waals surface area contributed by atoms with Crippen molar-refractivity contribution in [1.82, 2.24) is 25.5 Å². The lowest BCUT2D eigenvalue weighted by Gasteiger charge is -2.21. The van der Waals surface area contributed by atoms with Gasteiger partial charge in [-0.05, 0) is 38.4 Å². The normalized spacial score (nSPS) is 12.1. The van der Waals surface area contributed by atoms with E-state index >= 15 is 0 Å². The van der Waals surface area contributed by atoms with Crippen LogP contribution >= 0.6 is 0 Å². The Morgan fingerprint density at radius 1 is 1.25 bits per heavy atom. The molecule has 28 heavy (non-hydrogen) atoms. The van der Waals surface area contributed by atoms with E-state index < -0.39 is 6.03 Å². The number of nitrogens with one attached hydrogen (secondary N) is 3. The number of aromatic nitrogens is 2. The minimum atomic E-state index is -0.493. The Morgan fingerprint density at radius 3 is 2.71 bits per heavy atom. The molecule has 0 unspecified atom stereocenters. The molecule has 2 aromatic rings. The van der Waals surface area contributed by atoms with E-state index in [1.54, 1.807) is 18.2 Å². The van der Waals surface area contributed by atoms with E-state index in [0.29, 0.717) is 29.8 Å². The van der Waals surface area contributed by atoms with Gasteiger partial charge in [0, 0.05) is 6.04 Å². The predicted octanol–water partition coefficient (Wildman–Crippen LogP) is 2.15. The van der Waals surface area contributed by atoms with Crippen LogP contribution in [0.2, 0.25) is 0 Å². The van der Waals surface area contributed by atoms with Crippen LogP contribution in [0.4, 0.5) is 4.79 Å². The van der Waals surface area contributed by atoms with Crippen molar-refractivity contribution in [1.29, 1.82) is 0 Å². The summed E-state index contributed by atoms with van der Waals surface area (Å²) >= 11 is 0. The van der Waals surface area contributed by atoms with Gasteiger partial charge in [-0.15, -0.1) is 0 Å². The van der Waals surface area contributed by atoms with Gasteiger partial charge >= 0.3 is 6.03 Å². The second-order valence-corrected chi connectivity index (χ2v) is 6.92. The summed E-state index contributed by atoms with van der Waals surface area (Å²) < 4.78 is 0. The lowest BCUT2D eigenvalue weighted by atomic mass is 10.2. The quantitative estimate of drug-likeness (QED) is 0.611. The van der Waals surface area contributed by atoms with Crippen molar-refractivity contribution in [2.24, 2.45) is 0 Å². The summed E-state index contributed by atoms with van der Waals surface area (Å²) in [6, 6.07) is 6.64. The monoisotopic (exact) mass is 387 g/mol. The van der Waals surface area contributed by atoms with Gasteiger partial charge in [0.15, 0.2) is 0 Å².